The monoisotopic (exact) mass is 1310 g/mol. The first-order valence-corrected chi connectivity index (χ1v) is 36.9. The minimum atomic E-state index is -1.98. The highest BCUT2D eigenvalue weighted by atomic mass is 16.8. The van der Waals surface area contributed by atoms with Gasteiger partial charge in [-0.3, -0.25) is 4.79 Å². The number of nitrogens with one attached hydrogen (secondary N) is 1. The van der Waals surface area contributed by atoms with E-state index in [2.05, 4.69) is 55.6 Å². The fraction of sp³-hybridized carbons (Fsp3) is 0.877. The normalized spacial score (nSPS) is 27.9. The highest BCUT2D eigenvalue weighted by Crippen LogP contribution is 2.33. The van der Waals surface area contributed by atoms with Crippen LogP contribution in [0.15, 0.2) is 48.6 Å². The molecular formula is C73H133NO18. The summed E-state index contributed by atoms with van der Waals surface area (Å²) in [6.45, 7) is 1.71. The van der Waals surface area contributed by atoms with E-state index in [0.29, 0.717) is 12.8 Å². The van der Waals surface area contributed by atoms with Crippen LogP contribution in [0.25, 0.3) is 0 Å². The summed E-state index contributed by atoms with van der Waals surface area (Å²) in [5.41, 5.74) is 0. The second kappa shape index (κ2) is 54.7. The van der Waals surface area contributed by atoms with Gasteiger partial charge in [0.2, 0.25) is 5.91 Å². The average molecular weight is 1310 g/mol. The molecule has 19 heteroatoms. The molecule has 3 heterocycles. The lowest BCUT2D eigenvalue weighted by atomic mass is 9.96. The number of amides is 1. The summed E-state index contributed by atoms with van der Waals surface area (Å²) >= 11 is 0. The summed E-state index contributed by atoms with van der Waals surface area (Å²) in [6.07, 6.45) is 39.7. The Labute approximate surface area is 554 Å². The predicted octanol–water partition coefficient (Wildman–Crippen LogP) is 10.6. The molecule has 3 aliphatic heterocycles. The SMILES string of the molecule is CCCCCCC/C=C\C/C=C\CCCCCCCCCCCCCCCCCCCCCCCC(=O)NC(COC1OC(CO)C(OC2OC(CO)C(OC3OC(CO)C(O)C(O)C3O)C(O)C2O)C(O)C1O)C(O)/C=C/CC/C=C/CCCCCCCCCC. The van der Waals surface area contributed by atoms with E-state index < -0.39 is 124 Å². The Morgan fingerprint density at radius 1 is 0.391 bits per heavy atom. The van der Waals surface area contributed by atoms with E-state index in [1.54, 1.807) is 6.08 Å². The van der Waals surface area contributed by atoms with Gasteiger partial charge in [-0.15, -0.1) is 0 Å². The largest absolute Gasteiger partial charge is 0.394 e. The van der Waals surface area contributed by atoms with Crippen LogP contribution in [0.1, 0.15) is 277 Å². The summed E-state index contributed by atoms with van der Waals surface area (Å²) in [4.78, 5) is 13.4. The molecule has 1 amide bonds. The fourth-order valence-corrected chi connectivity index (χ4v) is 12.4. The van der Waals surface area contributed by atoms with Gasteiger partial charge in [0.1, 0.15) is 73.2 Å². The third-order valence-corrected chi connectivity index (χ3v) is 18.3. The molecule has 3 rings (SSSR count). The highest BCUT2D eigenvalue weighted by molar-refractivity contribution is 5.76. The van der Waals surface area contributed by atoms with E-state index in [1.165, 1.54) is 199 Å². The molecule has 0 aromatic heterocycles. The summed E-state index contributed by atoms with van der Waals surface area (Å²) in [7, 11) is 0. The molecule has 538 valence electrons. The van der Waals surface area contributed by atoms with E-state index in [1.807, 2.05) is 6.08 Å². The van der Waals surface area contributed by atoms with Crippen molar-refractivity contribution in [1.82, 2.24) is 5.32 Å². The molecule has 17 unspecified atom stereocenters. The number of allylic oxidation sites excluding steroid dienone is 7. The quantitative estimate of drug-likeness (QED) is 0.0199. The maximum absolute atomic E-state index is 13.4. The van der Waals surface area contributed by atoms with Crippen LogP contribution in [0.2, 0.25) is 0 Å². The van der Waals surface area contributed by atoms with Crippen molar-refractivity contribution in [2.45, 2.75) is 381 Å². The van der Waals surface area contributed by atoms with Crippen molar-refractivity contribution >= 4 is 5.91 Å². The van der Waals surface area contributed by atoms with Gasteiger partial charge in [-0.25, -0.2) is 0 Å². The van der Waals surface area contributed by atoms with Crippen molar-refractivity contribution in [3.8, 4) is 0 Å². The number of rotatable bonds is 57. The second-order valence-corrected chi connectivity index (χ2v) is 26.4. The minimum absolute atomic E-state index is 0.238. The molecule has 17 atom stereocenters. The third-order valence-electron chi connectivity index (χ3n) is 18.3. The van der Waals surface area contributed by atoms with Gasteiger partial charge in [0, 0.05) is 6.42 Å². The summed E-state index contributed by atoms with van der Waals surface area (Å²) < 4.78 is 34.3. The smallest absolute Gasteiger partial charge is 0.220 e. The van der Waals surface area contributed by atoms with Crippen LogP contribution in [0.4, 0.5) is 0 Å². The maximum Gasteiger partial charge on any atom is 0.220 e. The zero-order valence-corrected chi connectivity index (χ0v) is 57.0. The number of ether oxygens (including phenoxy) is 6. The van der Waals surface area contributed by atoms with Crippen molar-refractivity contribution in [2.75, 3.05) is 26.4 Å². The summed E-state index contributed by atoms with van der Waals surface area (Å²) in [6, 6.07) is -0.989. The van der Waals surface area contributed by atoms with Crippen molar-refractivity contribution in [2.24, 2.45) is 0 Å². The first-order chi connectivity index (χ1) is 44.8. The number of hydrogen-bond donors (Lipinski definition) is 12. The Hall–Kier alpha value is -2.25. The summed E-state index contributed by atoms with van der Waals surface area (Å²) in [5.74, 6) is -0.283. The number of carbonyl (C=O) groups excluding carboxylic acids is 1. The third kappa shape index (κ3) is 35.8. The lowest BCUT2D eigenvalue weighted by Crippen LogP contribution is -2.66. The van der Waals surface area contributed by atoms with E-state index >= 15 is 0 Å². The molecule has 0 saturated carbocycles. The van der Waals surface area contributed by atoms with Gasteiger partial charge < -0.3 is 89.9 Å². The number of unbranched alkanes of at least 4 members (excludes halogenated alkanes) is 35. The van der Waals surface area contributed by atoms with Crippen LogP contribution in [0, 0.1) is 0 Å². The summed E-state index contributed by atoms with van der Waals surface area (Å²) in [5, 5.41) is 120. The van der Waals surface area contributed by atoms with Gasteiger partial charge in [-0.2, -0.15) is 0 Å². The first-order valence-electron chi connectivity index (χ1n) is 36.9. The molecule has 0 radical (unpaired) electrons. The first kappa shape index (κ1) is 84.0. The van der Waals surface area contributed by atoms with Crippen molar-refractivity contribution in [3.63, 3.8) is 0 Å². The Morgan fingerprint density at radius 3 is 1.15 bits per heavy atom. The molecular weight excluding hydrogens is 1180 g/mol. The molecule has 0 aliphatic carbocycles. The van der Waals surface area contributed by atoms with Crippen LogP contribution in [-0.4, -0.2) is 193 Å². The Balaban J connectivity index is 1.35. The second-order valence-electron chi connectivity index (χ2n) is 26.4. The zero-order valence-electron chi connectivity index (χ0n) is 57.0. The maximum atomic E-state index is 13.4. The van der Waals surface area contributed by atoms with E-state index in [0.717, 1.165) is 44.9 Å². The molecule has 3 fully saturated rings. The van der Waals surface area contributed by atoms with Gasteiger partial charge in [-0.1, -0.05) is 255 Å². The predicted molar refractivity (Wildman–Crippen MR) is 360 cm³/mol. The van der Waals surface area contributed by atoms with Gasteiger partial charge in [0.25, 0.3) is 0 Å². The molecule has 92 heavy (non-hydrogen) atoms. The number of aliphatic hydroxyl groups excluding tert-OH is 11. The average Bonchev–Trinajstić information content (AvgIpc) is 0.840. The molecule has 0 bridgehead atoms. The molecule has 0 aromatic carbocycles. The van der Waals surface area contributed by atoms with Crippen LogP contribution < -0.4 is 5.32 Å². The topological polar surface area (TPSA) is 307 Å². The Kier molecular flexibility index (Phi) is 50.0. The van der Waals surface area contributed by atoms with Crippen LogP contribution in [-0.2, 0) is 33.2 Å². The van der Waals surface area contributed by atoms with Gasteiger partial charge in [-0.05, 0) is 64.2 Å². The lowest BCUT2D eigenvalue weighted by molar-refractivity contribution is -0.379. The Morgan fingerprint density at radius 2 is 0.728 bits per heavy atom. The number of carbonyl (C=O) groups is 1. The number of hydrogen-bond acceptors (Lipinski definition) is 18. The van der Waals surface area contributed by atoms with Crippen LogP contribution >= 0.6 is 0 Å². The lowest BCUT2D eigenvalue weighted by Gasteiger charge is -2.48. The molecule has 12 N–H and O–H groups in total. The molecule has 19 nitrogen and oxygen atoms in total. The molecule has 0 spiro atoms. The zero-order chi connectivity index (χ0) is 66.8. The molecule has 0 aromatic rings. The van der Waals surface area contributed by atoms with Crippen LogP contribution in [0.5, 0.6) is 0 Å². The Bertz CT molecular complexity index is 1860. The minimum Gasteiger partial charge on any atom is -0.394 e. The van der Waals surface area contributed by atoms with Gasteiger partial charge in [0.15, 0.2) is 18.9 Å². The van der Waals surface area contributed by atoms with E-state index in [4.69, 9.17) is 28.4 Å². The van der Waals surface area contributed by atoms with E-state index in [-0.39, 0.29) is 18.9 Å². The van der Waals surface area contributed by atoms with Crippen molar-refractivity contribution in [3.05, 3.63) is 48.6 Å². The standard InChI is InChI=1S/C73H133NO18/c1-3-5-7-9-11-13-15-17-19-20-21-22-23-24-25-26-27-28-29-30-31-32-33-34-35-36-37-39-41-43-45-47-49-51-61(79)74-56(57(78)50-48-46-44-42-40-38-18-16-14-12-10-8-6-4-2)55-87-71-67(85)64(82)69(59(53-76)89-71)92-73-68(86)65(83)70(60(54-77)90-73)91-72-66(84)63(81)62(80)58(52-75)88-72/h15,17,20-21,40,42,48,50,56-60,62-73,75-78,80-86H,3-14,16,18-19,22-39,41,43-47,49,51-55H2,1-2H3,(H,74,79)/b17-15-,21-20-,42-40+,50-48+. The van der Waals surface area contributed by atoms with Gasteiger partial charge in [0.05, 0.1) is 38.6 Å². The van der Waals surface area contributed by atoms with Gasteiger partial charge >= 0.3 is 0 Å². The number of aliphatic hydroxyl groups is 11. The fourth-order valence-electron chi connectivity index (χ4n) is 12.4. The van der Waals surface area contributed by atoms with Crippen LogP contribution in [0.3, 0.4) is 0 Å². The van der Waals surface area contributed by atoms with Crippen molar-refractivity contribution in [1.29, 1.82) is 0 Å². The highest BCUT2D eigenvalue weighted by Gasteiger charge is 2.53. The van der Waals surface area contributed by atoms with E-state index in [9.17, 15) is 61.0 Å². The molecule has 3 aliphatic rings. The van der Waals surface area contributed by atoms with Crippen molar-refractivity contribution < 1.29 is 89.4 Å². The molecule has 3 saturated heterocycles.